The summed E-state index contributed by atoms with van der Waals surface area (Å²) in [5.74, 6) is -1.04. The van der Waals surface area contributed by atoms with Gasteiger partial charge in [0.25, 0.3) is 5.88 Å². The molecule has 2 aromatic rings. The highest BCUT2D eigenvalue weighted by Gasteiger charge is 2.20. The van der Waals surface area contributed by atoms with Crippen LogP contribution in [0.15, 0.2) is 18.2 Å². The minimum atomic E-state index is -1.14. The maximum atomic E-state index is 11.3. The van der Waals surface area contributed by atoms with Crippen molar-refractivity contribution in [3.63, 3.8) is 0 Å². The highest BCUT2D eigenvalue weighted by molar-refractivity contribution is 6.34. The fourth-order valence-electron chi connectivity index (χ4n) is 1.57. The average Bonchev–Trinajstić information content (AvgIpc) is 2.38. The Hall–Kier alpha value is -1.85. The zero-order valence-corrected chi connectivity index (χ0v) is 12.2. The first kappa shape index (κ1) is 14.6. The molecule has 0 saturated carbocycles. The van der Waals surface area contributed by atoms with Crippen molar-refractivity contribution in [2.45, 2.75) is 13.8 Å². The second-order valence-electron chi connectivity index (χ2n) is 4.07. The van der Waals surface area contributed by atoms with E-state index in [1.807, 2.05) is 0 Å². The molecule has 0 amide bonds. The molecule has 0 saturated heterocycles. The quantitative estimate of drug-likeness (QED) is 0.930. The van der Waals surface area contributed by atoms with E-state index in [2.05, 4.69) is 10.2 Å². The van der Waals surface area contributed by atoms with Gasteiger partial charge in [0.1, 0.15) is 11.3 Å². The molecule has 1 aromatic carbocycles. The minimum Gasteiger partial charge on any atom is -0.477 e. The average molecular weight is 313 g/mol. The Kier molecular flexibility index (Phi) is 4.11. The van der Waals surface area contributed by atoms with Crippen LogP contribution in [-0.4, -0.2) is 21.3 Å². The smallest absolute Gasteiger partial charge is 0.341 e. The molecule has 1 aromatic heterocycles. The fourth-order valence-corrected chi connectivity index (χ4v) is 1.89. The third kappa shape index (κ3) is 2.84. The van der Waals surface area contributed by atoms with Gasteiger partial charge in [0.2, 0.25) is 0 Å². The summed E-state index contributed by atoms with van der Waals surface area (Å²) in [5, 5.41) is 17.6. The van der Waals surface area contributed by atoms with Gasteiger partial charge in [0.05, 0.1) is 10.7 Å². The molecule has 20 heavy (non-hydrogen) atoms. The number of halogens is 2. The number of aromatic nitrogens is 2. The SMILES string of the molecule is Cc1nnc(Oc2cc(Cl)ccc2Cl)c(C(=O)O)c1C. The van der Waals surface area contributed by atoms with Crippen molar-refractivity contribution in [2.75, 3.05) is 0 Å². The third-order valence-corrected chi connectivity index (χ3v) is 3.28. The standard InChI is InChI=1S/C13H10Cl2N2O3/c1-6-7(2)16-17-12(11(6)13(18)19)20-10-5-8(14)3-4-9(10)15/h3-5H,1-2H3,(H,18,19). The summed E-state index contributed by atoms with van der Waals surface area (Å²) in [6.45, 7) is 3.31. The molecule has 0 radical (unpaired) electrons. The molecule has 0 aliphatic rings. The van der Waals surface area contributed by atoms with Gasteiger partial charge in [0.15, 0.2) is 0 Å². The Balaban J connectivity index is 2.51. The Morgan fingerprint density at radius 1 is 1.25 bits per heavy atom. The van der Waals surface area contributed by atoms with Gasteiger partial charge < -0.3 is 9.84 Å². The molecule has 1 N–H and O–H groups in total. The lowest BCUT2D eigenvalue weighted by Crippen LogP contribution is -2.08. The van der Waals surface area contributed by atoms with E-state index in [-0.39, 0.29) is 17.2 Å². The maximum Gasteiger partial charge on any atom is 0.341 e. The first-order valence-corrected chi connectivity index (χ1v) is 6.36. The van der Waals surface area contributed by atoms with Crippen LogP contribution in [0.5, 0.6) is 11.6 Å². The summed E-state index contributed by atoms with van der Waals surface area (Å²) in [4.78, 5) is 11.3. The van der Waals surface area contributed by atoms with Crippen molar-refractivity contribution in [1.29, 1.82) is 0 Å². The lowest BCUT2D eigenvalue weighted by molar-refractivity contribution is 0.0692. The van der Waals surface area contributed by atoms with Gasteiger partial charge in [-0.15, -0.1) is 5.10 Å². The highest BCUT2D eigenvalue weighted by Crippen LogP contribution is 2.33. The maximum absolute atomic E-state index is 11.3. The second-order valence-corrected chi connectivity index (χ2v) is 4.92. The van der Waals surface area contributed by atoms with Crippen LogP contribution in [0, 0.1) is 13.8 Å². The number of aryl methyl sites for hydroxylation is 1. The molecular weight excluding hydrogens is 303 g/mol. The van der Waals surface area contributed by atoms with Crippen LogP contribution in [-0.2, 0) is 0 Å². The number of carbonyl (C=O) groups is 1. The molecule has 0 unspecified atom stereocenters. The third-order valence-electron chi connectivity index (χ3n) is 2.74. The van der Waals surface area contributed by atoms with Gasteiger partial charge in [-0.05, 0) is 31.5 Å². The fraction of sp³-hybridized carbons (Fsp3) is 0.154. The number of carboxylic acids is 1. The monoisotopic (exact) mass is 312 g/mol. The number of aromatic carboxylic acids is 1. The Morgan fingerprint density at radius 2 is 1.95 bits per heavy atom. The number of hydrogen-bond donors (Lipinski definition) is 1. The number of carboxylic acid groups (broad SMARTS) is 1. The van der Waals surface area contributed by atoms with Gasteiger partial charge in [-0.2, -0.15) is 5.10 Å². The van der Waals surface area contributed by atoms with Gasteiger partial charge in [-0.3, -0.25) is 0 Å². The van der Waals surface area contributed by atoms with Crippen LogP contribution in [0.1, 0.15) is 21.6 Å². The van der Waals surface area contributed by atoms with Crippen LogP contribution in [0.3, 0.4) is 0 Å². The summed E-state index contributed by atoms with van der Waals surface area (Å²) in [6, 6.07) is 4.63. The van der Waals surface area contributed by atoms with Gasteiger partial charge in [-0.25, -0.2) is 4.79 Å². The van der Waals surface area contributed by atoms with Crippen molar-refractivity contribution in [3.05, 3.63) is 45.1 Å². The molecule has 0 atom stereocenters. The van der Waals surface area contributed by atoms with Crippen LogP contribution in [0.2, 0.25) is 10.0 Å². The van der Waals surface area contributed by atoms with Crippen LogP contribution in [0.25, 0.3) is 0 Å². The van der Waals surface area contributed by atoms with Crippen molar-refractivity contribution in [3.8, 4) is 11.6 Å². The molecular formula is C13H10Cl2N2O3. The largest absolute Gasteiger partial charge is 0.477 e. The Morgan fingerprint density at radius 3 is 2.60 bits per heavy atom. The predicted molar refractivity (Wildman–Crippen MR) is 75.0 cm³/mol. The first-order chi connectivity index (χ1) is 9.40. The van der Waals surface area contributed by atoms with Crippen LogP contribution < -0.4 is 4.74 Å². The summed E-state index contributed by atoms with van der Waals surface area (Å²) in [6.07, 6.45) is 0. The summed E-state index contributed by atoms with van der Waals surface area (Å²) in [7, 11) is 0. The van der Waals surface area contributed by atoms with Crippen molar-refractivity contribution < 1.29 is 14.6 Å². The van der Waals surface area contributed by atoms with Crippen LogP contribution >= 0.6 is 23.2 Å². The highest BCUT2D eigenvalue weighted by atomic mass is 35.5. The van der Waals surface area contributed by atoms with E-state index in [1.54, 1.807) is 26.0 Å². The van der Waals surface area contributed by atoms with E-state index in [0.29, 0.717) is 21.3 Å². The number of nitrogens with zero attached hydrogens (tertiary/aromatic N) is 2. The summed E-state index contributed by atoms with van der Waals surface area (Å²) >= 11 is 11.8. The lowest BCUT2D eigenvalue weighted by atomic mass is 10.1. The van der Waals surface area contributed by atoms with Crippen molar-refractivity contribution in [1.82, 2.24) is 10.2 Å². The van der Waals surface area contributed by atoms with E-state index in [1.165, 1.54) is 6.07 Å². The number of hydrogen-bond acceptors (Lipinski definition) is 4. The molecule has 0 spiro atoms. The predicted octanol–water partition coefficient (Wildman–Crippen LogP) is 3.89. The lowest BCUT2D eigenvalue weighted by Gasteiger charge is -2.11. The first-order valence-electron chi connectivity index (χ1n) is 5.60. The summed E-state index contributed by atoms with van der Waals surface area (Å²) < 4.78 is 5.45. The number of benzene rings is 1. The molecule has 1 heterocycles. The molecule has 104 valence electrons. The molecule has 5 nitrogen and oxygen atoms in total. The normalized spacial score (nSPS) is 10.4. The second kappa shape index (κ2) is 5.64. The van der Waals surface area contributed by atoms with Gasteiger partial charge in [-0.1, -0.05) is 23.2 Å². The van der Waals surface area contributed by atoms with E-state index in [4.69, 9.17) is 27.9 Å². The molecule has 0 bridgehead atoms. The molecule has 0 aliphatic heterocycles. The zero-order chi connectivity index (χ0) is 14.9. The Bertz CT molecular complexity index is 690. The van der Waals surface area contributed by atoms with Crippen molar-refractivity contribution in [2.24, 2.45) is 0 Å². The van der Waals surface area contributed by atoms with E-state index >= 15 is 0 Å². The number of ether oxygens (including phenoxy) is 1. The van der Waals surface area contributed by atoms with Crippen molar-refractivity contribution >= 4 is 29.2 Å². The van der Waals surface area contributed by atoms with Crippen LogP contribution in [0.4, 0.5) is 0 Å². The number of rotatable bonds is 3. The van der Waals surface area contributed by atoms with Gasteiger partial charge >= 0.3 is 5.97 Å². The molecule has 0 aliphatic carbocycles. The van der Waals surface area contributed by atoms with Gasteiger partial charge in [0, 0.05) is 11.1 Å². The van der Waals surface area contributed by atoms with E-state index in [0.717, 1.165) is 0 Å². The van der Waals surface area contributed by atoms with E-state index < -0.39 is 5.97 Å². The Labute approximate surface area is 125 Å². The van der Waals surface area contributed by atoms with E-state index in [9.17, 15) is 9.90 Å². The summed E-state index contributed by atoms with van der Waals surface area (Å²) in [5.41, 5.74) is 0.959. The minimum absolute atomic E-state index is 0.0476. The molecule has 0 fully saturated rings. The topological polar surface area (TPSA) is 72.3 Å². The molecule has 2 rings (SSSR count). The zero-order valence-electron chi connectivity index (χ0n) is 10.6. The molecule has 7 heteroatoms.